The predicted molar refractivity (Wildman–Crippen MR) is 83.5 cm³/mol. The molecule has 0 rings (SSSR count). The van der Waals surface area contributed by atoms with Crippen molar-refractivity contribution in [2.75, 3.05) is 7.11 Å². The highest BCUT2D eigenvalue weighted by atomic mass is 16.6. The van der Waals surface area contributed by atoms with Crippen molar-refractivity contribution >= 4 is 5.97 Å². The lowest BCUT2D eigenvalue weighted by atomic mass is 10.0. The summed E-state index contributed by atoms with van der Waals surface area (Å²) in [4.78, 5) is 11.1. The van der Waals surface area contributed by atoms with Crippen LogP contribution in [0.25, 0.3) is 0 Å². The first-order chi connectivity index (χ1) is 9.61. The number of hydrogen-bond donors (Lipinski definition) is 0. The van der Waals surface area contributed by atoms with E-state index in [-0.39, 0.29) is 5.97 Å². The second-order valence-corrected chi connectivity index (χ2v) is 5.52. The highest BCUT2D eigenvalue weighted by Gasteiger charge is 2.11. The average molecular weight is 284 g/mol. The van der Waals surface area contributed by atoms with Crippen molar-refractivity contribution in [3.63, 3.8) is 0 Å². The lowest BCUT2D eigenvalue weighted by molar-refractivity contribution is -0.149. The number of hydrogen-bond acceptors (Lipinski definition) is 3. The van der Waals surface area contributed by atoms with Crippen LogP contribution in [0.1, 0.15) is 72.1 Å². The van der Waals surface area contributed by atoms with Crippen LogP contribution >= 0.6 is 0 Å². The van der Waals surface area contributed by atoms with E-state index in [1.165, 1.54) is 58.5 Å². The fourth-order valence-electron chi connectivity index (χ4n) is 2.04. The molecule has 3 heteroatoms. The summed E-state index contributed by atoms with van der Waals surface area (Å²) >= 11 is 0. The molecule has 20 heavy (non-hydrogen) atoms. The van der Waals surface area contributed by atoms with Gasteiger partial charge in [0.05, 0.1) is 13.4 Å². The van der Waals surface area contributed by atoms with E-state index in [1.54, 1.807) is 13.2 Å². The zero-order valence-corrected chi connectivity index (χ0v) is 13.7. The van der Waals surface area contributed by atoms with E-state index in [2.05, 4.69) is 18.6 Å². The van der Waals surface area contributed by atoms with Gasteiger partial charge in [-0.1, -0.05) is 58.8 Å². The molecule has 0 aliphatic rings. The van der Waals surface area contributed by atoms with Gasteiger partial charge >= 0.3 is 5.97 Å². The highest BCUT2D eigenvalue weighted by Crippen LogP contribution is 2.13. The van der Waals surface area contributed by atoms with Crippen LogP contribution in [0.4, 0.5) is 0 Å². The molecule has 0 aliphatic carbocycles. The summed E-state index contributed by atoms with van der Waals surface area (Å²) in [6, 6.07) is 0. The number of allylic oxidation sites excluding steroid dienone is 1. The maximum Gasteiger partial charge on any atom is 0.346 e. The standard InChI is InChI=1S/C17H32O3/c1-5-6-7-8-9-10-11-12-15(2)13-14-20-16(3)17(18)19-4/h13-16H,5-12H2,1-4H3. The normalized spacial score (nSPS) is 14.2. The van der Waals surface area contributed by atoms with Crippen LogP contribution in [0.5, 0.6) is 0 Å². The van der Waals surface area contributed by atoms with Gasteiger partial charge in [0.25, 0.3) is 0 Å². The molecule has 0 saturated heterocycles. The number of unbranched alkanes of at least 4 members (excludes halogenated alkanes) is 6. The quantitative estimate of drug-likeness (QED) is 0.292. The fraction of sp³-hybridized carbons (Fsp3) is 0.824. The molecule has 3 nitrogen and oxygen atoms in total. The third-order valence-electron chi connectivity index (χ3n) is 3.49. The van der Waals surface area contributed by atoms with Gasteiger partial charge in [0.2, 0.25) is 0 Å². The summed E-state index contributed by atoms with van der Waals surface area (Å²) in [5.74, 6) is 0.157. The van der Waals surface area contributed by atoms with Crippen molar-refractivity contribution in [2.45, 2.75) is 78.2 Å². The summed E-state index contributed by atoms with van der Waals surface area (Å²) in [6.07, 6.45) is 13.7. The monoisotopic (exact) mass is 284 g/mol. The van der Waals surface area contributed by atoms with Crippen LogP contribution in [0.15, 0.2) is 12.3 Å². The van der Waals surface area contributed by atoms with E-state index < -0.39 is 6.10 Å². The zero-order valence-electron chi connectivity index (χ0n) is 13.7. The summed E-state index contributed by atoms with van der Waals surface area (Å²) in [5.41, 5.74) is 0. The second kappa shape index (κ2) is 13.0. The number of esters is 1. The molecule has 0 heterocycles. The van der Waals surface area contributed by atoms with Gasteiger partial charge in [0.1, 0.15) is 0 Å². The fourth-order valence-corrected chi connectivity index (χ4v) is 2.04. The molecule has 0 N–H and O–H groups in total. The molecule has 118 valence electrons. The van der Waals surface area contributed by atoms with Crippen molar-refractivity contribution in [3.8, 4) is 0 Å². The van der Waals surface area contributed by atoms with Crippen molar-refractivity contribution in [2.24, 2.45) is 5.92 Å². The van der Waals surface area contributed by atoms with E-state index in [0.717, 1.165) is 0 Å². The Balaban J connectivity index is 3.53. The molecule has 0 spiro atoms. The molecule has 0 aromatic carbocycles. The topological polar surface area (TPSA) is 35.5 Å². The van der Waals surface area contributed by atoms with Gasteiger partial charge in [0, 0.05) is 0 Å². The first kappa shape index (κ1) is 19.0. The molecule has 2 atom stereocenters. The van der Waals surface area contributed by atoms with E-state index in [4.69, 9.17) is 4.74 Å². The molecular weight excluding hydrogens is 252 g/mol. The molecule has 0 saturated carbocycles. The third kappa shape index (κ3) is 10.9. The number of carbonyl (C=O) groups excluding carboxylic acids is 1. The smallest absolute Gasteiger partial charge is 0.346 e. The van der Waals surface area contributed by atoms with E-state index in [9.17, 15) is 4.79 Å². The largest absolute Gasteiger partial charge is 0.487 e. The maximum atomic E-state index is 11.1. The Morgan fingerprint density at radius 1 is 1.05 bits per heavy atom. The van der Waals surface area contributed by atoms with Crippen molar-refractivity contribution in [1.82, 2.24) is 0 Å². The number of ether oxygens (including phenoxy) is 2. The van der Waals surface area contributed by atoms with Gasteiger partial charge in [-0.3, -0.25) is 0 Å². The predicted octanol–water partition coefficient (Wildman–Crippen LogP) is 4.86. The van der Waals surface area contributed by atoms with Gasteiger partial charge in [0.15, 0.2) is 6.10 Å². The number of methoxy groups -OCH3 is 1. The molecule has 0 radical (unpaired) electrons. The van der Waals surface area contributed by atoms with Crippen LogP contribution in [-0.2, 0) is 14.3 Å². The SMILES string of the molecule is CCCCCCCCCC(C)C=COC(C)C(=O)OC. The Morgan fingerprint density at radius 2 is 1.65 bits per heavy atom. The van der Waals surface area contributed by atoms with Crippen molar-refractivity contribution in [1.29, 1.82) is 0 Å². The van der Waals surface area contributed by atoms with Gasteiger partial charge in [-0.05, 0) is 25.3 Å². The van der Waals surface area contributed by atoms with Gasteiger partial charge in [-0.25, -0.2) is 4.79 Å². The Morgan fingerprint density at radius 3 is 2.25 bits per heavy atom. The highest BCUT2D eigenvalue weighted by molar-refractivity contribution is 5.74. The summed E-state index contributed by atoms with van der Waals surface area (Å²) in [7, 11) is 1.37. The number of carbonyl (C=O) groups is 1. The third-order valence-corrected chi connectivity index (χ3v) is 3.49. The molecule has 0 aliphatic heterocycles. The van der Waals surface area contributed by atoms with Crippen LogP contribution in [0.2, 0.25) is 0 Å². The molecule has 2 unspecified atom stereocenters. The van der Waals surface area contributed by atoms with Crippen LogP contribution in [-0.4, -0.2) is 19.2 Å². The Labute approximate surface area is 124 Å². The molecule has 0 bridgehead atoms. The van der Waals surface area contributed by atoms with E-state index in [1.807, 2.05) is 6.08 Å². The van der Waals surface area contributed by atoms with Gasteiger partial charge < -0.3 is 9.47 Å². The minimum absolute atomic E-state index is 0.339. The van der Waals surface area contributed by atoms with Gasteiger partial charge in [-0.15, -0.1) is 0 Å². The van der Waals surface area contributed by atoms with Crippen molar-refractivity contribution in [3.05, 3.63) is 12.3 Å². The molecular formula is C17H32O3. The first-order valence-corrected chi connectivity index (χ1v) is 8.01. The Bertz CT molecular complexity index is 261. The maximum absolute atomic E-state index is 11.1. The lowest BCUT2D eigenvalue weighted by Crippen LogP contribution is -2.19. The molecule has 0 fully saturated rings. The van der Waals surface area contributed by atoms with Crippen LogP contribution < -0.4 is 0 Å². The van der Waals surface area contributed by atoms with Crippen molar-refractivity contribution < 1.29 is 14.3 Å². The molecule has 0 amide bonds. The molecule has 0 aromatic heterocycles. The second-order valence-electron chi connectivity index (χ2n) is 5.52. The minimum atomic E-state index is -0.526. The van der Waals surface area contributed by atoms with E-state index in [0.29, 0.717) is 5.92 Å². The Hall–Kier alpha value is -0.990. The zero-order chi connectivity index (χ0) is 15.2. The summed E-state index contributed by atoms with van der Waals surface area (Å²) in [5, 5.41) is 0. The van der Waals surface area contributed by atoms with Crippen LogP contribution in [0, 0.1) is 5.92 Å². The first-order valence-electron chi connectivity index (χ1n) is 8.01. The van der Waals surface area contributed by atoms with Crippen LogP contribution in [0.3, 0.4) is 0 Å². The van der Waals surface area contributed by atoms with Gasteiger partial charge in [-0.2, -0.15) is 0 Å². The average Bonchev–Trinajstić information content (AvgIpc) is 2.45. The molecule has 0 aromatic rings. The Kier molecular flexibility index (Phi) is 12.4. The minimum Gasteiger partial charge on any atom is -0.487 e. The summed E-state index contributed by atoms with van der Waals surface area (Å²) in [6.45, 7) is 6.12. The van der Waals surface area contributed by atoms with E-state index >= 15 is 0 Å². The number of rotatable bonds is 12. The summed E-state index contributed by atoms with van der Waals surface area (Å²) < 4.78 is 9.87. The lowest BCUT2D eigenvalue weighted by Gasteiger charge is -2.10.